The Hall–Kier alpha value is -3.58. The highest BCUT2D eigenvalue weighted by atomic mass is 32.2. The van der Waals surface area contributed by atoms with Crippen molar-refractivity contribution in [1.29, 1.82) is 0 Å². The molecule has 0 fully saturated rings. The van der Waals surface area contributed by atoms with Crippen LogP contribution in [-0.2, 0) is 0 Å². The monoisotopic (exact) mass is 519 g/mol. The highest BCUT2D eigenvalue weighted by Gasteiger charge is 2.22. The van der Waals surface area contributed by atoms with Crippen LogP contribution in [0.3, 0.4) is 0 Å². The van der Waals surface area contributed by atoms with Crippen molar-refractivity contribution in [2.75, 3.05) is 4.72 Å². The van der Waals surface area contributed by atoms with E-state index in [4.69, 9.17) is 4.42 Å². The van der Waals surface area contributed by atoms with Crippen LogP contribution in [-0.4, -0.2) is 21.3 Å². The lowest BCUT2D eigenvalue weighted by Crippen LogP contribution is -2.20. The number of hydrogen-bond acceptors (Lipinski definition) is 4. The molecular weight excluding hydrogens is 485 g/mol. The number of nitrogens with one attached hydrogen (secondary N) is 1. The molecule has 4 aromatic rings. The molecule has 2 heterocycles. The molecule has 0 spiro atoms. The number of anilines is 1. The molecule has 0 radical (unpaired) electrons. The second kappa shape index (κ2) is 10.8. The summed E-state index contributed by atoms with van der Waals surface area (Å²) in [5.41, 5.74) is 5.62. The number of rotatable bonds is 9. The highest BCUT2D eigenvalue weighted by Crippen LogP contribution is 2.38. The Kier molecular flexibility index (Phi) is 7.73. The van der Waals surface area contributed by atoms with Crippen LogP contribution in [0.5, 0.6) is 0 Å². The molecule has 194 valence electrons. The fourth-order valence-corrected chi connectivity index (χ4v) is 6.46. The number of oxazole rings is 1. The minimum atomic E-state index is -2.12. The number of nitrogens with zero attached hydrogens (tertiary/aromatic N) is 2. The first-order chi connectivity index (χ1) is 17.7. The summed E-state index contributed by atoms with van der Waals surface area (Å²) in [4.78, 5) is 17.9. The Balaban J connectivity index is 1.79. The van der Waals surface area contributed by atoms with E-state index in [1.807, 2.05) is 38.1 Å². The van der Waals surface area contributed by atoms with Crippen LogP contribution >= 0.6 is 9.39 Å². The minimum Gasteiger partial charge on any atom is -0.408 e. The van der Waals surface area contributed by atoms with Crippen LogP contribution in [0.2, 0.25) is 0 Å². The van der Waals surface area contributed by atoms with Crippen molar-refractivity contribution in [2.45, 2.75) is 57.9 Å². The lowest BCUT2D eigenvalue weighted by molar-refractivity contribution is 0.489. The molecule has 1 unspecified atom stereocenters. The molecule has 0 saturated heterocycles. The molecule has 2 aromatic carbocycles. The van der Waals surface area contributed by atoms with Gasteiger partial charge in [0.15, 0.2) is 5.58 Å². The Morgan fingerprint density at radius 2 is 1.95 bits per heavy atom. The number of aryl methyl sites for hydroxylation is 1. The summed E-state index contributed by atoms with van der Waals surface area (Å²) in [5.74, 6) is 7.91. The zero-order chi connectivity index (χ0) is 26.7. The van der Waals surface area contributed by atoms with E-state index < -0.39 is 21.1 Å². The topological polar surface area (TPSA) is 60.1 Å². The van der Waals surface area contributed by atoms with Gasteiger partial charge in [-0.25, -0.2) is 9.78 Å². The molecule has 0 aliphatic heterocycles. The molecule has 0 bridgehead atoms. The van der Waals surface area contributed by atoms with E-state index in [2.05, 4.69) is 53.5 Å². The maximum atomic E-state index is 13.6. The summed E-state index contributed by atoms with van der Waals surface area (Å²) in [6, 6.07) is 16.3. The second-order valence-corrected chi connectivity index (χ2v) is 11.7. The first kappa shape index (κ1) is 26.5. The Morgan fingerprint density at radius 3 is 2.65 bits per heavy atom. The predicted octanol–water partition coefficient (Wildman–Crippen LogP) is 7.69. The Labute approximate surface area is 218 Å². The van der Waals surface area contributed by atoms with E-state index in [0.29, 0.717) is 16.9 Å². The van der Waals surface area contributed by atoms with Crippen LogP contribution in [0.25, 0.3) is 16.7 Å². The molecule has 0 amide bonds. The normalized spacial score (nSPS) is 13.2. The van der Waals surface area contributed by atoms with Gasteiger partial charge in [-0.1, -0.05) is 68.4 Å². The smallest absolute Gasteiger partial charge is 0.408 e. The lowest BCUT2D eigenvalue weighted by Gasteiger charge is -2.21. The van der Waals surface area contributed by atoms with Crippen LogP contribution < -0.4 is 10.5 Å². The molecule has 1 atom stereocenters. The van der Waals surface area contributed by atoms with E-state index >= 15 is 0 Å². The second-order valence-electron chi connectivity index (χ2n) is 9.31. The fourth-order valence-electron chi connectivity index (χ4n) is 4.83. The van der Waals surface area contributed by atoms with Gasteiger partial charge in [0.05, 0.1) is 11.6 Å². The van der Waals surface area contributed by atoms with Crippen LogP contribution in [0.1, 0.15) is 62.8 Å². The van der Waals surface area contributed by atoms with Gasteiger partial charge in [-0.2, -0.15) is 4.39 Å². The molecule has 37 heavy (non-hydrogen) atoms. The third kappa shape index (κ3) is 5.42. The standard InChI is InChI=1S/C30H34FN3O2S/c1-7-12-22(13-8-2)24-15-10-9-14-23(24)21(4)34-25-18-20(3)27(19-26(25)36-30(34)35)37(5,6)33-29-17-11-16-28(31)32-29/h9-12,14-19,21H,5-8,13H2,1-4H3,(H,32,33). The molecule has 1 N–H and O–H groups in total. The SMILES string of the molecule is C=S(=C)(Nc1cccc(F)n1)c1cc2oc(=O)n(C(C)c3ccccc3C(=CCC)CCC)c2cc1C. The summed E-state index contributed by atoms with van der Waals surface area (Å²) in [6.45, 7) is 8.31. The van der Waals surface area contributed by atoms with Gasteiger partial charge < -0.3 is 9.14 Å². The third-order valence-electron chi connectivity index (χ3n) is 6.46. The van der Waals surface area contributed by atoms with Gasteiger partial charge in [0.2, 0.25) is 5.95 Å². The quantitative estimate of drug-likeness (QED) is 0.182. The molecule has 0 saturated carbocycles. The van der Waals surface area contributed by atoms with E-state index in [1.54, 1.807) is 16.7 Å². The van der Waals surface area contributed by atoms with Gasteiger partial charge in [-0.05, 0) is 73.2 Å². The van der Waals surface area contributed by atoms with E-state index in [1.165, 1.54) is 17.2 Å². The van der Waals surface area contributed by atoms with Crippen molar-refractivity contribution in [2.24, 2.45) is 0 Å². The summed E-state index contributed by atoms with van der Waals surface area (Å²) in [7, 11) is -2.12. The largest absolute Gasteiger partial charge is 0.420 e. The van der Waals surface area contributed by atoms with E-state index in [0.717, 1.165) is 35.3 Å². The van der Waals surface area contributed by atoms with Crippen molar-refractivity contribution in [3.05, 3.63) is 93.9 Å². The Morgan fingerprint density at radius 1 is 1.19 bits per heavy atom. The Bertz CT molecular complexity index is 1630. The van der Waals surface area contributed by atoms with Crippen molar-refractivity contribution in [1.82, 2.24) is 9.55 Å². The average molecular weight is 520 g/mol. The third-order valence-corrected chi connectivity index (χ3v) is 8.34. The lowest BCUT2D eigenvalue weighted by atomic mass is 9.92. The fraction of sp³-hybridized carbons (Fsp3) is 0.267. The number of halogens is 1. The molecule has 4 rings (SSSR count). The number of fused-ring (bicyclic) bond motifs is 1. The molecule has 5 nitrogen and oxygen atoms in total. The molecule has 7 heteroatoms. The number of benzene rings is 2. The zero-order valence-corrected chi connectivity index (χ0v) is 22.7. The average Bonchev–Trinajstić information content (AvgIpc) is 3.17. The molecule has 0 aliphatic carbocycles. The van der Waals surface area contributed by atoms with Gasteiger partial charge in [0.25, 0.3) is 0 Å². The number of hydrogen-bond donors (Lipinski definition) is 1. The first-order valence-electron chi connectivity index (χ1n) is 12.5. The van der Waals surface area contributed by atoms with E-state index in [-0.39, 0.29) is 6.04 Å². The maximum absolute atomic E-state index is 13.6. The van der Waals surface area contributed by atoms with Gasteiger partial charge in [-0.3, -0.25) is 4.57 Å². The summed E-state index contributed by atoms with van der Waals surface area (Å²) in [6.07, 6.45) is 5.25. The minimum absolute atomic E-state index is 0.237. The van der Waals surface area contributed by atoms with Gasteiger partial charge in [0, 0.05) is 4.90 Å². The van der Waals surface area contributed by atoms with Gasteiger partial charge in [0.1, 0.15) is 5.82 Å². The number of allylic oxidation sites excluding steroid dienone is 2. The highest BCUT2D eigenvalue weighted by molar-refractivity contribution is 8.28. The van der Waals surface area contributed by atoms with Crippen molar-refractivity contribution < 1.29 is 8.81 Å². The summed E-state index contributed by atoms with van der Waals surface area (Å²) >= 11 is 0. The summed E-state index contributed by atoms with van der Waals surface area (Å²) in [5, 5.41) is 0. The summed E-state index contributed by atoms with van der Waals surface area (Å²) < 4.78 is 24.3. The zero-order valence-electron chi connectivity index (χ0n) is 21.9. The molecule has 0 aliphatic rings. The van der Waals surface area contributed by atoms with Crippen LogP contribution in [0, 0.1) is 12.9 Å². The number of pyridine rings is 1. The molecule has 2 aromatic heterocycles. The van der Waals surface area contributed by atoms with Gasteiger partial charge in [-0.15, -0.1) is 9.39 Å². The van der Waals surface area contributed by atoms with Crippen LogP contribution in [0.4, 0.5) is 10.2 Å². The molecular formula is C30H34FN3O2S. The number of aromatic nitrogens is 2. The predicted molar refractivity (Wildman–Crippen MR) is 157 cm³/mol. The van der Waals surface area contributed by atoms with Gasteiger partial charge >= 0.3 is 5.76 Å². The van der Waals surface area contributed by atoms with Crippen molar-refractivity contribution in [3.8, 4) is 0 Å². The maximum Gasteiger partial charge on any atom is 0.420 e. The van der Waals surface area contributed by atoms with Crippen LogP contribution in [0.15, 0.2) is 74.8 Å². The first-order valence-corrected chi connectivity index (χ1v) is 14.5. The van der Waals surface area contributed by atoms with E-state index in [9.17, 15) is 9.18 Å². The van der Waals surface area contributed by atoms with Crippen molar-refractivity contribution in [3.63, 3.8) is 0 Å². The van der Waals surface area contributed by atoms with Crippen molar-refractivity contribution >= 4 is 43.6 Å².